The summed E-state index contributed by atoms with van der Waals surface area (Å²) >= 11 is 0. The van der Waals surface area contributed by atoms with Gasteiger partial charge in [0.1, 0.15) is 11.6 Å². The largest absolute Gasteiger partial charge is 0.481 e. The number of amides is 2. The van der Waals surface area contributed by atoms with Crippen LogP contribution in [0.4, 0.5) is 10.1 Å². The first-order valence-corrected chi connectivity index (χ1v) is 10.1. The van der Waals surface area contributed by atoms with Gasteiger partial charge in [0, 0.05) is 24.3 Å². The van der Waals surface area contributed by atoms with Crippen LogP contribution in [0.15, 0.2) is 72.8 Å². The van der Waals surface area contributed by atoms with Gasteiger partial charge in [0.25, 0.3) is 5.91 Å². The second kappa shape index (κ2) is 9.00. The van der Waals surface area contributed by atoms with Crippen LogP contribution < -0.4 is 10.1 Å². The third kappa shape index (κ3) is 5.09. The normalized spacial score (nSPS) is 15.6. The van der Waals surface area contributed by atoms with E-state index in [1.54, 1.807) is 36.1 Å². The van der Waals surface area contributed by atoms with E-state index in [1.165, 1.54) is 12.1 Å². The molecule has 3 aromatic carbocycles. The molecule has 1 N–H and O–H groups in total. The molecular formula is C25H23FN2O3. The summed E-state index contributed by atoms with van der Waals surface area (Å²) in [4.78, 5) is 27.0. The minimum absolute atomic E-state index is 0.0815. The second-order valence-electron chi connectivity index (χ2n) is 7.61. The van der Waals surface area contributed by atoms with Crippen molar-refractivity contribution in [3.8, 4) is 5.75 Å². The smallest absolute Gasteiger partial charge is 0.263 e. The van der Waals surface area contributed by atoms with E-state index in [9.17, 15) is 14.0 Å². The van der Waals surface area contributed by atoms with Crippen molar-refractivity contribution in [1.82, 2.24) is 4.90 Å². The van der Waals surface area contributed by atoms with Gasteiger partial charge in [0.05, 0.1) is 6.42 Å². The molecule has 6 heteroatoms. The van der Waals surface area contributed by atoms with E-state index in [4.69, 9.17) is 4.74 Å². The molecule has 0 bridgehead atoms. The Bertz CT molecular complexity index is 1080. The molecule has 1 atom stereocenters. The Morgan fingerprint density at radius 1 is 1.06 bits per heavy atom. The van der Waals surface area contributed by atoms with E-state index in [-0.39, 0.29) is 24.1 Å². The predicted octanol–water partition coefficient (Wildman–Crippen LogP) is 4.32. The van der Waals surface area contributed by atoms with Crippen LogP contribution in [0, 0.1) is 5.82 Å². The summed E-state index contributed by atoms with van der Waals surface area (Å²) in [6.45, 7) is 2.61. The molecule has 1 unspecified atom stereocenters. The first-order chi connectivity index (χ1) is 15.0. The minimum atomic E-state index is -0.594. The monoisotopic (exact) mass is 418 g/mol. The summed E-state index contributed by atoms with van der Waals surface area (Å²) in [6, 6.07) is 21.0. The maximum absolute atomic E-state index is 13.0. The SMILES string of the molecule is CC1Oc2ccc(NC(=O)Cc3ccc(F)cc3)cc2CN(Cc2ccccc2)C1=O. The lowest BCUT2D eigenvalue weighted by Crippen LogP contribution is -2.37. The number of fused-ring (bicyclic) bond motifs is 1. The van der Waals surface area contributed by atoms with Crippen molar-refractivity contribution < 1.29 is 18.7 Å². The summed E-state index contributed by atoms with van der Waals surface area (Å²) in [5.74, 6) is 0.0142. The van der Waals surface area contributed by atoms with E-state index < -0.39 is 6.10 Å². The lowest BCUT2D eigenvalue weighted by atomic mass is 10.1. The summed E-state index contributed by atoms with van der Waals surface area (Å²) in [5, 5.41) is 2.87. The molecule has 1 aliphatic rings. The maximum Gasteiger partial charge on any atom is 0.263 e. The van der Waals surface area contributed by atoms with Gasteiger partial charge >= 0.3 is 0 Å². The highest BCUT2D eigenvalue weighted by Crippen LogP contribution is 2.29. The van der Waals surface area contributed by atoms with Gasteiger partial charge in [-0.1, -0.05) is 42.5 Å². The molecule has 0 radical (unpaired) electrons. The highest BCUT2D eigenvalue weighted by molar-refractivity contribution is 5.92. The van der Waals surface area contributed by atoms with Gasteiger partial charge in [-0.25, -0.2) is 4.39 Å². The van der Waals surface area contributed by atoms with Gasteiger partial charge in [-0.05, 0) is 48.4 Å². The number of nitrogens with one attached hydrogen (secondary N) is 1. The molecule has 3 aromatic rings. The van der Waals surface area contributed by atoms with Crippen molar-refractivity contribution in [3.05, 3.63) is 95.3 Å². The van der Waals surface area contributed by atoms with Crippen molar-refractivity contribution in [1.29, 1.82) is 0 Å². The summed E-state index contributed by atoms with van der Waals surface area (Å²) in [7, 11) is 0. The average Bonchev–Trinajstić information content (AvgIpc) is 2.87. The van der Waals surface area contributed by atoms with Gasteiger partial charge < -0.3 is 15.0 Å². The number of benzene rings is 3. The Hall–Kier alpha value is -3.67. The Morgan fingerprint density at radius 3 is 2.55 bits per heavy atom. The molecule has 158 valence electrons. The molecular weight excluding hydrogens is 395 g/mol. The van der Waals surface area contributed by atoms with Gasteiger partial charge in [-0.2, -0.15) is 0 Å². The molecule has 1 aliphatic heterocycles. The number of halogens is 1. The fraction of sp³-hybridized carbons (Fsp3) is 0.200. The number of anilines is 1. The third-order valence-electron chi connectivity index (χ3n) is 5.16. The third-order valence-corrected chi connectivity index (χ3v) is 5.16. The molecule has 2 amide bonds. The van der Waals surface area contributed by atoms with Crippen LogP contribution in [-0.4, -0.2) is 22.8 Å². The molecule has 0 spiro atoms. The van der Waals surface area contributed by atoms with E-state index in [0.29, 0.717) is 24.5 Å². The standard InChI is InChI=1S/C25H23FN2O3/c1-17-25(30)28(15-19-5-3-2-4-6-19)16-20-14-22(11-12-23(20)31-17)27-24(29)13-18-7-9-21(26)10-8-18/h2-12,14,17H,13,15-16H2,1H3,(H,27,29). The van der Waals surface area contributed by atoms with E-state index in [1.807, 2.05) is 36.4 Å². The average molecular weight is 418 g/mol. The summed E-state index contributed by atoms with van der Waals surface area (Å²) < 4.78 is 18.9. The molecule has 0 saturated heterocycles. The fourth-order valence-electron chi connectivity index (χ4n) is 3.61. The van der Waals surface area contributed by atoms with E-state index in [2.05, 4.69) is 5.32 Å². The van der Waals surface area contributed by atoms with Crippen molar-refractivity contribution in [3.63, 3.8) is 0 Å². The molecule has 5 nitrogen and oxygen atoms in total. The van der Waals surface area contributed by atoms with Gasteiger partial charge in [0.15, 0.2) is 6.10 Å². The quantitative estimate of drug-likeness (QED) is 0.672. The van der Waals surface area contributed by atoms with Gasteiger partial charge in [-0.3, -0.25) is 9.59 Å². The van der Waals surface area contributed by atoms with Crippen molar-refractivity contribution >= 4 is 17.5 Å². The molecule has 0 aliphatic carbocycles. The fourth-order valence-corrected chi connectivity index (χ4v) is 3.61. The predicted molar refractivity (Wildman–Crippen MR) is 116 cm³/mol. The lowest BCUT2D eigenvalue weighted by molar-refractivity contribution is -0.138. The first kappa shape index (κ1) is 20.6. The Balaban J connectivity index is 1.50. The van der Waals surface area contributed by atoms with Crippen LogP contribution in [0.25, 0.3) is 0 Å². The van der Waals surface area contributed by atoms with Gasteiger partial charge in [-0.15, -0.1) is 0 Å². The van der Waals surface area contributed by atoms with E-state index >= 15 is 0 Å². The van der Waals surface area contributed by atoms with Gasteiger partial charge in [0.2, 0.25) is 5.91 Å². The molecule has 31 heavy (non-hydrogen) atoms. The zero-order valence-corrected chi connectivity index (χ0v) is 17.2. The number of nitrogens with zero attached hydrogens (tertiary/aromatic N) is 1. The number of hydrogen-bond donors (Lipinski definition) is 1. The summed E-state index contributed by atoms with van der Waals surface area (Å²) in [6.07, 6.45) is -0.451. The topological polar surface area (TPSA) is 58.6 Å². The van der Waals surface area contributed by atoms with E-state index in [0.717, 1.165) is 16.7 Å². The van der Waals surface area contributed by atoms with Crippen LogP contribution in [-0.2, 0) is 29.1 Å². The molecule has 4 rings (SSSR count). The van der Waals surface area contributed by atoms with Crippen LogP contribution in [0.1, 0.15) is 23.6 Å². The minimum Gasteiger partial charge on any atom is -0.481 e. The zero-order valence-electron chi connectivity index (χ0n) is 17.2. The number of rotatable bonds is 5. The maximum atomic E-state index is 13.0. The van der Waals surface area contributed by atoms with Crippen molar-refractivity contribution in [2.75, 3.05) is 5.32 Å². The second-order valence-corrected chi connectivity index (χ2v) is 7.61. The van der Waals surface area contributed by atoms with Crippen LogP contribution in [0.3, 0.4) is 0 Å². The summed E-state index contributed by atoms with van der Waals surface area (Å²) in [5.41, 5.74) is 3.21. The van der Waals surface area contributed by atoms with Crippen LogP contribution >= 0.6 is 0 Å². The zero-order chi connectivity index (χ0) is 21.8. The number of carbonyl (C=O) groups excluding carboxylic acids is 2. The molecule has 1 heterocycles. The van der Waals surface area contributed by atoms with Crippen LogP contribution in [0.5, 0.6) is 5.75 Å². The number of hydrogen-bond acceptors (Lipinski definition) is 3. The van der Waals surface area contributed by atoms with Crippen molar-refractivity contribution in [2.45, 2.75) is 32.5 Å². The molecule has 0 aromatic heterocycles. The number of ether oxygens (including phenoxy) is 1. The van der Waals surface area contributed by atoms with Crippen LogP contribution in [0.2, 0.25) is 0 Å². The highest BCUT2D eigenvalue weighted by atomic mass is 19.1. The Labute approximate surface area is 180 Å². The number of carbonyl (C=O) groups is 2. The lowest BCUT2D eigenvalue weighted by Gasteiger charge is -2.22. The molecule has 0 saturated carbocycles. The Morgan fingerprint density at radius 2 is 1.81 bits per heavy atom. The first-order valence-electron chi connectivity index (χ1n) is 10.1. The molecule has 0 fully saturated rings. The Kier molecular flexibility index (Phi) is 5.98. The highest BCUT2D eigenvalue weighted by Gasteiger charge is 2.28. The van der Waals surface area contributed by atoms with Crippen molar-refractivity contribution in [2.24, 2.45) is 0 Å².